The van der Waals surface area contributed by atoms with Crippen LogP contribution in [0.15, 0.2) is 127 Å². The molecule has 12 atom stereocenters. The number of aromatic nitrogens is 6. The van der Waals surface area contributed by atoms with E-state index in [9.17, 15) is 42.9 Å². The fourth-order valence-corrected chi connectivity index (χ4v) is 13.2. The number of hydrogen-bond donors (Lipinski definition) is 6. The Kier molecular flexibility index (Phi) is 19.0. The Balaban J connectivity index is 0.971. The largest absolute Gasteiger partial charge is 0.695 e. The molecule has 0 amide bonds. The van der Waals surface area contributed by atoms with E-state index in [0.717, 1.165) is 9.13 Å². The quantitative estimate of drug-likeness (QED) is 0.0292. The van der Waals surface area contributed by atoms with Gasteiger partial charge in [0, 0.05) is 53.5 Å². The highest BCUT2D eigenvalue weighted by molar-refractivity contribution is 8.44. The summed E-state index contributed by atoms with van der Waals surface area (Å²) in [5, 5.41) is 0. The van der Waals surface area contributed by atoms with Crippen LogP contribution in [0.2, 0.25) is 0 Å². The molecule has 3 saturated heterocycles. The molecule has 6 N–H and O–H groups in total. The molecule has 32 heteroatoms. The zero-order valence-electron chi connectivity index (χ0n) is 44.1. The van der Waals surface area contributed by atoms with Crippen molar-refractivity contribution in [1.82, 2.24) is 28.7 Å². The summed E-state index contributed by atoms with van der Waals surface area (Å²) in [5.41, 5.74) is 3.13. The predicted molar refractivity (Wildman–Crippen MR) is 298 cm³/mol. The van der Waals surface area contributed by atoms with Crippen LogP contribution in [0.3, 0.4) is 0 Å². The van der Waals surface area contributed by atoms with Crippen LogP contribution in [0.5, 0.6) is 11.5 Å². The van der Waals surface area contributed by atoms with E-state index in [2.05, 4.69) is 27.2 Å². The summed E-state index contributed by atoms with van der Waals surface area (Å²) in [7, 11) is -0.114. The number of thiol groups is 1. The lowest BCUT2D eigenvalue weighted by molar-refractivity contribution is -0.0935. The normalized spacial score (nSPS) is 24.4. The molecule has 0 spiro atoms. The van der Waals surface area contributed by atoms with Gasteiger partial charge in [-0.1, -0.05) is 66.8 Å². The van der Waals surface area contributed by atoms with Gasteiger partial charge in [0.15, 0.2) is 0 Å². The van der Waals surface area contributed by atoms with Crippen LogP contribution in [0.1, 0.15) is 65.8 Å². The molecule has 438 valence electrons. The highest BCUT2D eigenvalue weighted by atomic mass is 32.7. The Morgan fingerprint density at radius 2 is 1.17 bits per heavy atom. The molecule has 9 rings (SSSR count). The first-order valence-corrected chi connectivity index (χ1v) is 31.5. The number of anilines is 1. The second-order valence-electron chi connectivity index (χ2n) is 19.1. The number of aromatic amines is 2. The Bertz CT molecular complexity index is 3640. The number of benzene rings is 3. The van der Waals surface area contributed by atoms with Gasteiger partial charge in [0.25, 0.3) is 11.1 Å². The molecule has 3 fully saturated rings. The van der Waals surface area contributed by atoms with E-state index in [-0.39, 0.29) is 42.8 Å². The second-order valence-corrected chi connectivity index (χ2v) is 25.5. The van der Waals surface area contributed by atoms with Gasteiger partial charge in [-0.3, -0.25) is 42.3 Å². The molecule has 3 aliphatic heterocycles. The molecule has 27 nitrogen and oxygen atoms in total. The maximum absolute atomic E-state index is 14.2. The number of hydrogen-bond acceptors (Lipinski definition) is 21. The number of nitrogens with two attached hydrogens (primary N) is 1. The van der Waals surface area contributed by atoms with Gasteiger partial charge in [-0.05, 0) is 72.7 Å². The fraction of sp³-hybridized carbons (Fsp3) is 0.400. The molecule has 3 aromatic heterocycles. The summed E-state index contributed by atoms with van der Waals surface area (Å²) >= 11 is 9.86. The van der Waals surface area contributed by atoms with Crippen molar-refractivity contribution in [2.24, 2.45) is 0 Å². The SMILES string of the molecule is COc1ccc(C(OC[C@H]2O[C@@H](n3ccc(N)nc3=O)C[C@@H]2OP(O)(=S)OC[C@H]2O[C@@H](n3cc(C)c(=O)[nH]c3=O)C[C@@H]2OP(=O)(S)OC[C@H]2O[C@@H](n3cc(C)c(=O)[nH]c3=O)C[C@@H]2O[P+](=O)O)(c2ccccc2)c2ccc(OC)cc2)cc1. The summed E-state index contributed by atoms with van der Waals surface area (Å²) in [6.07, 6.45) is -7.49. The van der Waals surface area contributed by atoms with E-state index >= 15 is 0 Å². The highest BCUT2D eigenvalue weighted by Gasteiger charge is 2.48. The fourth-order valence-electron chi connectivity index (χ4n) is 9.78. The first-order chi connectivity index (χ1) is 39.0. The third kappa shape index (κ3) is 13.9. The summed E-state index contributed by atoms with van der Waals surface area (Å²) in [4.78, 5) is 93.5. The third-order valence-electron chi connectivity index (χ3n) is 13.8. The molecule has 6 aromatic rings. The lowest BCUT2D eigenvalue weighted by Gasteiger charge is -2.37. The van der Waals surface area contributed by atoms with E-state index in [0.29, 0.717) is 28.2 Å². The molecule has 0 radical (unpaired) electrons. The Hall–Kier alpha value is -5.81. The number of nitrogen functional groups attached to an aromatic ring is 1. The van der Waals surface area contributed by atoms with Crippen LogP contribution in [0.25, 0.3) is 0 Å². The van der Waals surface area contributed by atoms with E-state index in [1.54, 1.807) is 38.5 Å². The summed E-state index contributed by atoms with van der Waals surface area (Å²) in [5.74, 6) is 1.14. The molecule has 0 bridgehead atoms. The summed E-state index contributed by atoms with van der Waals surface area (Å²) in [6, 6.07) is 25.4. The van der Waals surface area contributed by atoms with Gasteiger partial charge >= 0.3 is 38.8 Å². The molecule has 3 unspecified atom stereocenters. The Morgan fingerprint density at radius 3 is 1.68 bits per heavy atom. The zero-order valence-corrected chi connectivity index (χ0v) is 48.5. The van der Waals surface area contributed by atoms with Crippen molar-refractivity contribution in [3.05, 3.63) is 183 Å². The van der Waals surface area contributed by atoms with Crippen molar-refractivity contribution in [2.45, 2.75) is 94.0 Å². The average molecular weight is 1230 g/mol. The molecule has 3 aliphatic rings. The number of H-pyrrole nitrogens is 2. The maximum Gasteiger partial charge on any atom is 0.695 e. The molecule has 0 aliphatic carbocycles. The Morgan fingerprint density at radius 1 is 0.707 bits per heavy atom. The molecular formula is C50H57N7O20P3S2+. The predicted octanol–water partition coefficient (Wildman–Crippen LogP) is 4.52. The number of methoxy groups -OCH3 is 2. The van der Waals surface area contributed by atoms with Crippen LogP contribution in [0.4, 0.5) is 5.82 Å². The van der Waals surface area contributed by atoms with Gasteiger partial charge in [0.1, 0.15) is 72.1 Å². The van der Waals surface area contributed by atoms with Crippen LogP contribution in [-0.2, 0) is 68.1 Å². The van der Waals surface area contributed by atoms with E-state index in [1.165, 1.54) is 43.1 Å². The molecular weight excluding hydrogens is 1180 g/mol. The van der Waals surface area contributed by atoms with Crippen molar-refractivity contribution < 1.29 is 70.0 Å². The summed E-state index contributed by atoms with van der Waals surface area (Å²) in [6.45, 7) is -7.66. The number of aryl methyl sites for hydroxylation is 2. The maximum atomic E-state index is 14.2. The Labute approximate surface area is 477 Å². The number of rotatable bonds is 23. The van der Waals surface area contributed by atoms with Gasteiger partial charge in [-0.2, -0.15) is 4.98 Å². The van der Waals surface area contributed by atoms with Gasteiger partial charge in [0.2, 0.25) is 0 Å². The van der Waals surface area contributed by atoms with Gasteiger partial charge in [0.05, 0.1) is 40.1 Å². The van der Waals surface area contributed by atoms with Crippen molar-refractivity contribution in [1.29, 1.82) is 0 Å². The first kappa shape index (κ1) is 60.8. The topological polar surface area (TPSA) is 347 Å². The highest BCUT2D eigenvalue weighted by Crippen LogP contribution is 2.57. The minimum Gasteiger partial charge on any atom is -0.497 e. The smallest absolute Gasteiger partial charge is 0.497 e. The number of ether oxygens (including phenoxy) is 6. The van der Waals surface area contributed by atoms with E-state index in [4.69, 9.17) is 68.6 Å². The van der Waals surface area contributed by atoms with Gasteiger partial charge in [-0.25, -0.2) is 18.9 Å². The molecule has 6 heterocycles. The van der Waals surface area contributed by atoms with E-state index in [1.807, 2.05) is 54.6 Å². The van der Waals surface area contributed by atoms with Crippen LogP contribution in [0, 0.1) is 13.8 Å². The summed E-state index contributed by atoms with van der Waals surface area (Å²) < 4.78 is 95.2. The zero-order chi connectivity index (χ0) is 58.7. The minimum absolute atomic E-state index is 0.0346. The third-order valence-corrected chi connectivity index (χ3v) is 17.5. The molecule has 82 heavy (non-hydrogen) atoms. The van der Waals surface area contributed by atoms with E-state index < -0.39 is 124 Å². The van der Waals surface area contributed by atoms with Gasteiger partial charge in [-0.15, -0.1) is 9.42 Å². The van der Waals surface area contributed by atoms with Crippen molar-refractivity contribution in [3.63, 3.8) is 0 Å². The standard InChI is InChI=1S/C50H56N7O20P3S2/c1-28-23-56(48(61)53-45(28)58)43-20-35(75-78(63)64)39(73-43)26-70-79(65,81)77-37-22-44(57-24-29(2)46(59)54-49(57)62)74-40(37)27-71-80(66,82)76-36-21-42(55-19-18-41(51)52-47(55)60)72-38(36)25-69-50(30-8-6-5-7-9-30,31-10-14-33(67-3)15-11-31)32-12-16-34(68-4)17-13-32/h5-19,23-24,35-40,42-44H,20-22,25-27H2,1-4H3,(H6-,51,52,53,54,58,59,60,61,62,63,64,65,66,81,82)/p+1/t35-,36-,37-,38+,39+,40+,42+,43+,44+,79?,80?/m0/s1. The molecule has 0 saturated carbocycles. The van der Waals surface area contributed by atoms with Crippen LogP contribution < -0.4 is 43.4 Å². The van der Waals surface area contributed by atoms with Gasteiger partial charge < -0.3 is 48.1 Å². The van der Waals surface area contributed by atoms with Crippen molar-refractivity contribution in [2.75, 3.05) is 39.8 Å². The minimum atomic E-state index is -4.56. The van der Waals surface area contributed by atoms with Crippen LogP contribution >= 0.6 is 34.0 Å². The molecule has 3 aromatic carbocycles. The number of nitrogens with zero attached hydrogens (tertiary/aromatic N) is 4. The lowest BCUT2D eigenvalue weighted by Crippen LogP contribution is -2.38. The monoisotopic (exact) mass is 1230 g/mol. The number of nitrogens with one attached hydrogen (secondary N) is 2. The van der Waals surface area contributed by atoms with Crippen molar-refractivity contribution in [3.8, 4) is 11.5 Å². The average Bonchev–Trinajstić information content (AvgIpc) is 4.30. The van der Waals surface area contributed by atoms with Crippen molar-refractivity contribution >= 4 is 51.6 Å². The second kappa shape index (κ2) is 25.6. The lowest BCUT2D eigenvalue weighted by atomic mass is 9.80. The van der Waals surface area contributed by atoms with Crippen LogP contribution in [-0.4, -0.2) is 109 Å². The first-order valence-electron chi connectivity index (χ1n) is 25.1.